The third kappa shape index (κ3) is 6.53. The minimum atomic E-state index is -1.07. The first kappa shape index (κ1) is 27.2. The Morgan fingerprint density at radius 2 is 1.47 bits per heavy atom. The number of carboxylic acids is 1. The van der Waals surface area contributed by atoms with Gasteiger partial charge in [0.25, 0.3) is 5.91 Å². The third-order valence-corrected chi connectivity index (χ3v) is 7.90. The Bertz CT molecular complexity index is 1400. The number of rotatable bonds is 8. The molecule has 4 rings (SSSR count). The van der Waals surface area contributed by atoms with Crippen LogP contribution in [0.2, 0.25) is 0 Å². The van der Waals surface area contributed by atoms with Crippen LogP contribution in [0.15, 0.2) is 73.1 Å². The molecule has 2 N–H and O–H groups in total. The van der Waals surface area contributed by atoms with E-state index >= 15 is 0 Å². The van der Waals surface area contributed by atoms with Gasteiger partial charge in [0.15, 0.2) is 5.82 Å². The summed E-state index contributed by atoms with van der Waals surface area (Å²) in [5.41, 5.74) is 4.86. The zero-order valence-corrected chi connectivity index (χ0v) is 23.2. The standard InChI is InChI=1S/C31H33N3O3S/c1-19(2)21-10-12-22(13-11-21)24-17-32-28(33-18-24)23-8-6-20(7-9-23)16-25(30(36)37)34-29(35)26-14-15-27(38-26)31(3,4)5/h6-15,17-19,25H,16H2,1-5H3,(H,34,35)(H,36,37)/t25-/m0/s1. The molecule has 6 nitrogen and oxygen atoms in total. The molecule has 4 aromatic rings. The Balaban J connectivity index is 1.42. The summed E-state index contributed by atoms with van der Waals surface area (Å²) in [5, 5.41) is 12.4. The van der Waals surface area contributed by atoms with E-state index in [0.717, 1.165) is 27.1 Å². The van der Waals surface area contributed by atoms with Crippen molar-refractivity contribution in [2.75, 3.05) is 0 Å². The zero-order valence-electron chi connectivity index (χ0n) is 22.4. The lowest BCUT2D eigenvalue weighted by atomic mass is 9.95. The molecule has 2 aromatic carbocycles. The molecule has 0 saturated heterocycles. The monoisotopic (exact) mass is 527 g/mol. The molecule has 0 aliphatic rings. The van der Waals surface area contributed by atoms with Crippen molar-refractivity contribution in [1.29, 1.82) is 0 Å². The van der Waals surface area contributed by atoms with Crippen LogP contribution in [0.3, 0.4) is 0 Å². The van der Waals surface area contributed by atoms with Gasteiger partial charge in [-0.15, -0.1) is 11.3 Å². The van der Waals surface area contributed by atoms with E-state index < -0.39 is 12.0 Å². The molecule has 2 aromatic heterocycles. The molecule has 0 spiro atoms. The molecule has 0 aliphatic carbocycles. The number of benzene rings is 2. The fourth-order valence-electron chi connectivity index (χ4n) is 4.00. The Labute approximate surface area is 227 Å². The summed E-state index contributed by atoms with van der Waals surface area (Å²) in [6.07, 6.45) is 3.80. The van der Waals surface area contributed by atoms with Crippen LogP contribution in [0.4, 0.5) is 0 Å². The summed E-state index contributed by atoms with van der Waals surface area (Å²) in [7, 11) is 0. The quantitative estimate of drug-likeness (QED) is 0.265. The van der Waals surface area contributed by atoms with E-state index in [1.54, 1.807) is 6.07 Å². The van der Waals surface area contributed by atoms with E-state index in [-0.39, 0.29) is 17.7 Å². The number of thiophene rings is 1. The summed E-state index contributed by atoms with van der Waals surface area (Å²) >= 11 is 1.39. The Morgan fingerprint density at radius 1 is 0.868 bits per heavy atom. The van der Waals surface area contributed by atoms with Gasteiger partial charge in [-0.3, -0.25) is 4.79 Å². The first-order chi connectivity index (χ1) is 18.0. The topological polar surface area (TPSA) is 92.2 Å². The smallest absolute Gasteiger partial charge is 0.326 e. The number of hydrogen-bond acceptors (Lipinski definition) is 5. The highest BCUT2D eigenvalue weighted by Gasteiger charge is 2.24. The van der Waals surface area contributed by atoms with E-state index in [1.807, 2.05) is 42.7 Å². The van der Waals surface area contributed by atoms with E-state index in [1.165, 1.54) is 16.9 Å². The highest BCUT2D eigenvalue weighted by atomic mass is 32.1. The summed E-state index contributed by atoms with van der Waals surface area (Å²) in [6.45, 7) is 10.6. The van der Waals surface area contributed by atoms with Gasteiger partial charge in [-0.25, -0.2) is 14.8 Å². The summed E-state index contributed by atoms with van der Waals surface area (Å²) in [4.78, 5) is 35.3. The highest BCUT2D eigenvalue weighted by molar-refractivity contribution is 7.14. The van der Waals surface area contributed by atoms with Gasteiger partial charge >= 0.3 is 5.97 Å². The van der Waals surface area contributed by atoms with Crippen LogP contribution in [-0.4, -0.2) is 33.0 Å². The largest absolute Gasteiger partial charge is 0.480 e. The van der Waals surface area contributed by atoms with Crippen molar-refractivity contribution < 1.29 is 14.7 Å². The van der Waals surface area contributed by atoms with Crippen LogP contribution in [0.25, 0.3) is 22.5 Å². The molecule has 196 valence electrons. The number of carbonyl (C=O) groups is 2. The van der Waals surface area contributed by atoms with Crippen LogP contribution in [0.5, 0.6) is 0 Å². The minimum absolute atomic E-state index is 0.0692. The maximum atomic E-state index is 12.7. The van der Waals surface area contributed by atoms with Gasteiger partial charge < -0.3 is 10.4 Å². The van der Waals surface area contributed by atoms with Gasteiger partial charge in [-0.05, 0) is 40.2 Å². The van der Waals surface area contributed by atoms with Crippen molar-refractivity contribution in [1.82, 2.24) is 15.3 Å². The molecule has 1 atom stereocenters. The molecule has 0 bridgehead atoms. The second-order valence-corrected chi connectivity index (χ2v) is 11.8. The van der Waals surface area contributed by atoms with E-state index in [4.69, 9.17) is 0 Å². The van der Waals surface area contributed by atoms with Crippen molar-refractivity contribution in [3.8, 4) is 22.5 Å². The SMILES string of the molecule is CC(C)c1ccc(-c2cnc(-c3ccc(C[C@H](NC(=O)c4ccc(C(C)(C)C)s4)C(=O)O)cc3)nc2)cc1. The van der Waals surface area contributed by atoms with Gasteiger partial charge in [0.2, 0.25) is 0 Å². The molecule has 0 aliphatic heterocycles. The summed E-state index contributed by atoms with van der Waals surface area (Å²) in [5.74, 6) is -0.373. The summed E-state index contributed by atoms with van der Waals surface area (Å²) < 4.78 is 0. The Kier molecular flexibility index (Phi) is 8.07. The fourth-order valence-corrected chi connectivity index (χ4v) is 4.97. The van der Waals surface area contributed by atoms with Crippen LogP contribution < -0.4 is 5.32 Å². The van der Waals surface area contributed by atoms with E-state index in [9.17, 15) is 14.7 Å². The average Bonchev–Trinajstić information content (AvgIpc) is 3.40. The van der Waals surface area contributed by atoms with Crippen LogP contribution in [-0.2, 0) is 16.6 Å². The third-order valence-electron chi connectivity index (χ3n) is 6.39. The van der Waals surface area contributed by atoms with Gasteiger partial charge in [0.05, 0.1) is 4.88 Å². The lowest BCUT2D eigenvalue weighted by Gasteiger charge is -2.16. The molecule has 0 fully saturated rings. The van der Waals surface area contributed by atoms with Gasteiger partial charge in [0.1, 0.15) is 6.04 Å². The van der Waals surface area contributed by atoms with Gasteiger partial charge in [-0.2, -0.15) is 0 Å². The van der Waals surface area contributed by atoms with Crippen LogP contribution >= 0.6 is 11.3 Å². The molecule has 0 unspecified atom stereocenters. The average molecular weight is 528 g/mol. The van der Waals surface area contributed by atoms with Gasteiger partial charge in [-0.1, -0.05) is 83.1 Å². The maximum Gasteiger partial charge on any atom is 0.326 e. The lowest BCUT2D eigenvalue weighted by molar-refractivity contribution is -0.139. The van der Waals surface area contributed by atoms with Crippen LogP contribution in [0, 0.1) is 0 Å². The van der Waals surface area contributed by atoms with Gasteiger partial charge in [0, 0.05) is 34.8 Å². The van der Waals surface area contributed by atoms with E-state index in [2.05, 4.69) is 74.2 Å². The molecular formula is C31H33N3O3S. The molecule has 1 amide bonds. The Hall–Kier alpha value is -3.84. The van der Waals surface area contributed by atoms with Crippen molar-refractivity contribution in [2.24, 2.45) is 0 Å². The molecule has 7 heteroatoms. The molecule has 2 heterocycles. The lowest BCUT2D eigenvalue weighted by Crippen LogP contribution is -2.42. The Morgan fingerprint density at radius 3 is 2.00 bits per heavy atom. The van der Waals surface area contributed by atoms with E-state index in [0.29, 0.717) is 16.6 Å². The number of aromatic nitrogens is 2. The second-order valence-electron chi connectivity index (χ2n) is 10.8. The van der Waals surface area contributed by atoms with Crippen molar-refractivity contribution in [2.45, 2.75) is 58.4 Å². The van der Waals surface area contributed by atoms with Crippen LogP contribution in [0.1, 0.15) is 66.2 Å². The van der Waals surface area contributed by atoms with Crippen molar-refractivity contribution in [3.05, 3.63) is 93.9 Å². The number of aliphatic carboxylic acids is 1. The molecule has 38 heavy (non-hydrogen) atoms. The predicted octanol–water partition coefficient (Wildman–Crippen LogP) is 6.72. The number of carboxylic acid groups (broad SMARTS) is 1. The second kappa shape index (κ2) is 11.3. The number of hydrogen-bond donors (Lipinski definition) is 2. The molecule has 0 radical (unpaired) electrons. The number of nitrogens with one attached hydrogen (secondary N) is 1. The van der Waals surface area contributed by atoms with Crippen molar-refractivity contribution >= 4 is 23.2 Å². The number of nitrogens with zero attached hydrogens (tertiary/aromatic N) is 2. The first-order valence-corrected chi connectivity index (χ1v) is 13.5. The predicted molar refractivity (Wildman–Crippen MR) is 153 cm³/mol. The maximum absolute atomic E-state index is 12.7. The normalized spacial score (nSPS) is 12.4. The molecule has 0 saturated carbocycles. The number of carbonyl (C=O) groups excluding carboxylic acids is 1. The summed E-state index contributed by atoms with van der Waals surface area (Å²) in [6, 6.07) is 18.5. The minimum Gasteiger partial charge on any atom is -0.480 e. The molecular weight excluding hydrogens is 494 g/mol. The van der Waals surface area contributed by atoms with Crippen molar-refractivity contribution in [3.63, 3.8) is 0 Å². The number of amides is 1. The highest BCUT2D eigenvalue weighted by Crippen LogP contribution is 2.29. The zero-order chi connectivity index (χ0) is 27.4. The first-order valence-electron chi connectivity index (χ1n) is 12.7. The fraction of sp³-hybridized carbons (Fsp3) is 0.290.